The Bertz CT molecular complexity index is 1790. The summed E-state index contributed by atoms with van der Waals surface area (Å²) < 4.78 is 13.0. The van der Waals surface area contributed by atoms with Gasteiger partial charge in [-0.05, 0) is 42.8 Å². The van der Waals surface area contributed by atoms with Gasteiger partial charge in [0.1, 0.15) is 5.76 Å². The molecule has 1 saturated heterocycles. The lowest BCUT2D eigenvalue weighted by molar-refractivity contribution is 0.0303. The zero-order chi connectivity index (χ0) is 30.1. The number of hydrogen-bond donors (Lipinski definition) is 2. The summed E-state index contributed by atoms with van der Waals surface area (Å²) in [5.74, 6) is 0.770. The molecule has 0 unspecified atom stereocenters. The minimum absolute atomic E-state index is 0.00876. The normalized spacial score (nSPS) is 13.7. The SMILES string of the molecule is Cc1c(NC(=O)c2ncc(C(C)(C)C)o2)cccc1-c1cn2ccnc2c(Nc2ccc(C(=O)N3CCOCC3)cc2)n1. The Kier molecular flexibility index (Phi) is 7.41. The third-order valence-electron chi connectivity index (χ3n) is 7.36. The van der Waals surface area contributed by atoms with E-state index in [0.717, 1.165) is 16.8 Å². The number of hydrogen-bond acceptors (Lipinski definition) is 8. The van der Waals surface area contributed by atoms with E-state index in [9.17, 15) is 9.59 Å². The molecule has 1 aliphatic rings. The summed E-state index contributed by atoms with van der Waals surface area (Å²) in [5.41, 5.74) is 4.77. The van der Waals surface area contributed by atoms with E-state index in [1.165, 1.54) is 0 Å². The molecule has 2 N–H and O–H groups in total. The Labute approximate surface area is 248 Å². The number of benzene rings is 2. The van der Waals surface area contributed by atoms with E-state index >= 15 is 0 Å². The van der Waals surface area contributed by atoms with Crippen LogP contribution in [0.2, 0.25) is 0 Å². The molecule has 220 valence electrons. The lowest BCUT2D eigenvalue weighted by atomic mass is 9.94. The second-order valence-corrected chi connectivity index (χ2v) is 11.5. The van der Waals surface area contributed by atoms with Gasteiger partial charge in [-0.1, -0.05) is 32.9 Å². The highest BCUT2D eigenvalue weighted by Gasteiger charge is 2.23. The number of nitrogens with zero attached hydrogens (tertiary/aromatic N) is 5. The van der Waals surface area contributed by atoms with Crippen molar-refractivity contribution >= 4 is 34.7 Å². The first-order chi connectivity index (χ1) is 20.7. The summed E-state index contributed by atoms with van der Waals surface area (Å²) in [6.45, 7) is 10.2. The Morgan fingerprint density at radius 2 is 1.77 bits per heavy atom. The molecule has 3 aromatic heterocycles. The first-order valence-corrected chi connectivity index (χ1v) is 14.1. The van der Waals surface area contributed by atoms with Crippen molar-refractivity contribution in [2.45, 2.75) is 33.1 Å². The van der Waals surface area contributed by atoms with Crippen LogP contribution in [0.1, 0.15) is 53.1 Å². The summed E-state index contributed by atoms with van der Waals surface area (Å²) in [5, 5.41) is 6.29. The maximum atomic E-state index is 13.0. The fourth-order valence-electron chi connectivity index (χ4n) is 4.88. The van der Waals surface area contributed by atoms with Crippen molar-refractivity contribution < 1.29 is 18.7 Å². The smallest absolute Gasteiger partial charge is 0.311 e. The Morgan fingerprint density at radius 1 is 1.00 bits per heavy atom. The average molecular weight is 580 g/mol. The van der Waals surface area contributed by atoms with Crippen molar-refractivity contribution in [3.63, 3.8) is 0 Å². The van der Waals surface area contributed by atoms with Gasteiger partial charge in [0.05, 0.1) is 25.1 Å². The molecule has 0 aliphatic carbocycles. The highest BCUT2D eigenvalue weighted by molar-refractivity contribution is 6.02. The molecule has 1 fully saturated rings. The van der Waals surface area contributed by atoms with Crippen LogP contribution in [-0.2, 0) is 10.2 Å². The van der Waals surface area contributed by atoms with E-state index < -0.39 is 5.91 Å². The van der Waals surface area contributed by atoms with Gasteiger partial charge in [-0.15, -0.1) is 0 Å². The van der Waals surface area contributed by atoms with Crippen molar-refractivity contribution in [1.29, 1.82) is 0 Å². The minimum Gasteiger partial charge on any atom is -0.437 e. The molecule has 6 rings (SSSR count). The van der Waals surface area contributed by atoms with Crippen LogP contribution in [0, 0.1) is 6.92 Å². The number of carbonyl (C=O) groups is 2. The quantitative estimate of drug-likeness (QED) is 0.272. The van der Waals surface area contributed by atoms with E-state index in [0.29, 0.717) is 60.5 Å². The summed E-state index contributed by atoms with van der Waals surface area (Å²) >= 11 is 0. The van der Waals surface area contributed by atoms with Gasteiger partial charge >= 0.3 is 5.91 Å². The van der Waals surface area contributed by atoms with Gasteiger partial charge in [0.2, 0.25) is 0 Å². The highest BCUT2D eigenvalue weighted by Crippen LogP contribution is 2.31. The summed E-state index contributed by atoms with van der Waals surface area (Å²) in [7, 11) is 0. The summed E-state index contributed by atoms with van der Waals surface area (Å²) in [6.07, 6.45) is 7.05. The Hall–Kier alpha value is -5.03. The van der Waals surface area contributed by atoms with Gasteiger partial charge in [0, 0.05) is 59.6 Å². The zero-order valence-electron chi connectivity index (χ0n) is 24.5. The fraction of sp³-hybridized carbons (Fsp3) is 0.281. The van der Waals surface area contributed by atoms with Crippen LogP contribution in [-0.4, -0.2) is 62.4 Å². The lowest BCUT2D eigenvalue weighted by Gasteiger charge is -2.26. The third kappa shape index (κ3) is 5.84. The largest absolute Gasteiger partial charge is 0.437 e. The highest BCUT2D eigenvalue weighted by atomic mass is 16.5. The second-order valence-electron chi connectivity index (χ2n) is 11.5. The van der Waals surface area contributed by atoms with Crippen LogP contribution in [0.3, 0.4) is 0 Å². The molecule has 2 amide bonds. The number of nitrogens with one attached hydrogen (secondary N) is 2. The molecule has 11 nitrogen and oxygen atoms in total. The van der Waals surface area contributed by atoms with E-state index in [-0.39, 0.29) is 17.2 Å². The maximum absolute atomic E-state index is 13.0. The van der Waals surface area contributed by atoms with Gasteiger partial charge in [0.25, 0.3) is 11.8 Å². The van der Waals surface area contributed by atoms with E-state index in [2.05, 4.69) is 20.6 Å². The summed E-state index contributed by atoms with van der Waals surface area (Å²) in [4.78, 5) is 41.2. The standard InChI is InChI=1S/C32H33N7O4/c1-20-23(6-5-7-24(20)37-29(40)30-34-18-26(43-30)32(2,3)4)25-19-39-13-12-33-28(39)27(36-25)35-22-10-8-21(9-11-22)31(41)38-14-16-42-17-15-38/h5-13,18-19H,14-17H2,1-4H3,(H,35,36)(H,37,40). The van der Waals surface area contributed by atoms with Crippen molar-refractivity contribution in [2.24, 2.45) is 0 Å². The van der Waals surface area contributed by atoms with Gasteiger partial charge in [0.15, 0.2) is 11.5 Å². The number of anilines is 3. The molecule has 11 heteroatoms. The van der Waals surface area contributed by atoms with Gasteiger partial charge in [-0.25, -0.2) is 15.0 Å². The number of amides is 2. The minimum atomic E-state index is -0.424. The number of imidazole rings is 1. The number of fused-ring (bicyclic) bond motifs is 1. The van der Waals surface area contributed by atoms with Crippen LogP contribution in [0.4, 0.5) is 17.2 Å². The van der Waals surface area contributed by atoms with Crippen LogP contribution in [0.15, 0.2) is 71.7 Å². The predicted octanol–water partition coefficient (Wildman–Crippen LogP) is 5.46. The molecule has 1 aliphatic heterocycles. The lowest BCUT2D eigenvalue weighted by Crippen LogP contribution is -2.40. The average Bonchev–Trinajstić information content (AvgIpc) is 3.70. The third-order valence-corrected chi connectivity index (χ3v) is 7.36. The van der Waals surface area contributed by atoms with E-state index in [1.807, 2.05) is 74.8 Å². The molecule has 4 heterocycles. The number of morpholine rings is 1. The summed E-state index contributed by atoms with van der Waals surface area (Å²) in [6, 6.07) is 13.0. The van der Waals surface area contributed by atoms with Gasteiger partial charge in [-0.3, -0.25) is 9.59 Å². The van der Waals surface area contributed by atoms with Crippen molar-refractivity contribution in [3.8, 4) is 11.3 Å². The second kappa shape index (κ2) is 11.3. The van der Waals surface area contributed by atoms with Crippen molar-refractivity contribution in [2.75, 3.05) is 36.9 Å². The Balaban J connectivity index is 1.25. The number of carbonyl (C=O) groups excluding carboxylic acids is 2. The molecule has 0 radical (unpaired) electrons. The molecule has 0 saturated carbocycles. The molecule has 0 spiro atoms. The zero-order valence-corrected chi connectivity index (χ0v) is 24.5. The fourth-order valence-corrected chi connectivity index (χ4v) is 4.88. The van der Waals surface area contributed by atoms with Crippen LogP contribution >= 0.6 is 0 Å². The molecule has 5 aromatic rings. The molecular formula is C32H33N7O4. The first kappa shape index (κ1) is 28.1. The molecular weight excluding hydrogens is 546 g/mol. The first-order valence-electron chi connectivity index (χ1n) is 14.1. The van der Waals surface area contributed by atoms with Crippen LogP contribution < -0.4 is 10.6 Å². The molecule has 43 heavy (non-hydrogen) atoms. The predicted molar refractivity (Wildman–Crippen MR) is 163 cm³/mol. The van der Waals surface area contributed by atoms with Gasteiger partial charge in [-0.2, -0.15) is 0 Å². The molecule has 0 atom stereocenters. The van der Waals surface area contributed by atoms with Crippen molar-refractivity contribution in [3.05, 3.63) is 90.0 Å². The van der Waals surface area contributed by atoms with E-state index in [1.54, 1.807) is 29.4 Å². The van der Waals surface area contributed by atoms with E-state index in [4.69, 9.17) is 14.1 Å². The molecule has 2 aromatic carbocycles. The van der Waals surface area contributed by atoms with Crippen LogP contribution in [0.5, 0.6) is 0 Å². The molecule has 0 bridgehead atoms. The van der Waals surface area contributed by atoms with Crippen molar-refractivity contribution in [1.82, 2.24) is 24.3 Å². The number of oxazole rings is 1. The maximum Gasteiger partial charge on any atom is 0.311 e. The topological polar surface area (TPSA) is 127 Å². The van der Waals surface area contributed by atoms with Gasteiger partial charge < -0.3 is 29.1 Å². The number of rotatable bonds is 6. The monoisotopic (exact) mass is 579 g/mol. The Morgan fingerprint density at radius 3 is 2.49 bits per heavy atom. The number of ether oxygens (including phenoxy) is 1. The van der Waals surface area contributed by atoms with Crippen LogP contribution in [0.25, 0.3) is 16.9 Å². The number of aromatic nitrogens is 4.